The molecule has 0 amide bonds. The third-order valence-electron chi connectivity index (χ3n) is 2.78. The van der Waals surface area contributed by atoms with E-state index in [0.717, 1.165) is 24.5 Å². The van der Waals surface area contributed by atoms with Gasteiger partial charge < -0.3 is 15.1 Å². The van der Waals surface area contributed by atoms with Gasteiger partial charge in [0.05, 0.1) is 6.54 Å². The number of aliphatic carboxylic acids is 1. The Morgan fingerprint density at radius 1 is 1.41 bits per heavy atom. The molecule has 1 unspecified atom stereocenters. The molecule has 5 heteroatoms. The summed E-state index contributed by atoms with van der Waals surface area (Å²) in [4.78, 5) is 17.0. The van der Waals surface area contributed by atoms with Crippen molar-refractivity contribution in [1.82, 2.24) is 4.90 Å². The number of hydrogen-bond acceptors (Lipinski definition) is 4. The molecule has 1 aliphatic heterocycles. The first-order chi connectivity index (χ1) is 8.09. The van der Waals surface area contributed by atoms with E-state index in [2.05, 4.69) is 4.99 Å². The van der Waals surface area contributed by atoms with Crippen LogP contribution in [0.5, 0.6) is 0 Å². The molecule has 0 aromatic heterocycles. The standard InChI is InChI=1S/C12H14N2O3/c1-14-7-6-13-11(14)9-4-2-8(3-5-9)10(15)12(16)17/h2-5,10,15H,6-7H2,1H3,(H,16,17). The summed E-state index contributed by atoms with van der Waals surface area (Å²) in [5.74, 6) is -0.338. The zero-order valence-corrected chi connectivity index (χ0v) is 9.50. The van der Waals surface area contributed by atoms with Gasteiger partial charge in [0.2, 0.25) is 0 Å². The average molecular weight is 234 g/mol. The number of aliphatic hydroxyl groups is 1. The van der Waals surface area contributed by atoms with Gasteiger partial charge in [-0.2, -0.15) is 0 Å². The van der Waals surface area contributed by atoms with Crippen molar-refractivity contribution in [2.45, 2.75) is 6.10 Å². The smallest absolute Gasteiger partial charge is 0.337 e. The summed E-state index contributed by atoms with van der Waals surface area (Å²) in [6.45, 7) is 1.68. The van der Waals surface area contributed by atoms with Crippen LogP contribution in [0.25, 0.3) is 0 Å². The number of amidine groups is 1. The van der Waals surface area contributed by atoms with Crippen LogP contribution < -0.4 is 0 Å². The van der Waals surface area contributed by atoms with Gasteiger partial charge in [0, 0.05) is 19.2 Å². The predicted molar refractivity (Wildman–Crippen MR) is 63.1 cm³/mol. The van der Waals surface area contributed by atoms with Crippen LogP contribution in [-0.4, -0.2) is 47.1 Å². The summed E-state index contributed by atoms with van der Waals surface area (Å²) in [6.07, 6.45) is -1.47. The summed E-state index contributed by atoms with van der Waals surface area (Å²) in [5, 5.41) is 18.0. The largest absolute Gasteiger partial charge is 0.479 e. The van der Waals surface area contributed by atoms with Gasteiger partial charge in [-0.05, 0) is 5.56 Å². The molecular weight excluding hydrogens is 220 g/mol. The molecule has 2 rings (SSSR count). The van der Waals surface area contributed by atoms with E-state index < -0.39 is 12.1 Å². The summed E-state index contributed by atoms with van der Waals surface area (Å²) < 4.78 is 0. The summed E-state index contributed by atoms with van der Waals surface area (Å²) in [7, 11) is 1.96. The van der Waals surface area contributed by atoms with Gasteiger partial charge in [0.1, 0.15) is 5.84 Å². The van der Waals surface area contributed by atoms with Gasteiger partial charge >= 0.3 is 5.97 Å². The third-order valence-corrected chi connectivity index (χ3v) is 2.78. The Morgan fingerprint density at radius 2 is 2.06 bits per heavy atom. The average Bonchev–Trinajstić information content (AvgIpc) is 2.74. The number of likely N-dealkylation sites (N-methyl/N-ethyl adjacent to an activating group) is 1. The fraction of sp³-hybridized carbons (Fsp3) is 0.333. The molecule has 1 aliphatic rings. The summed E-state index contributed by atoms with van der Waals surface area (Å²) >= 11 is 0. The quantitative estimate of drug-likeness (QED) is 0.798. The molecule has 2 N–H and O–H groups in total. The van der Waals surface area contributed by atoms with Crippen LogP contribution in [0.1, 0.15) is 17.2 Å². The Kier molecular flexibility index (Phi) is 3.10. The molecule has 0 aliphatic carbocycles. The van der Waals surface area contributed by atoms with Crippen molar-refractivity contribution in [2.75, 3.05) is 20.1 Å². The second-order valence-corrected chi connectivity index (χ2v) is 3.99. The maximum absolute atomic E-state index is 10.6. The van der Waals surface area contributed by atoms with E-state index in [1.165, 1.54) is 0 Å². The topological polar surface area (TPSA) is 73.1 Å². The molecule has 1 atom stereocenters. The van der Waals surface area contributed by atoms with Gasteiger partial charge in [-0.3, -0.25) is 4.99 Å². The van der Waals surface area contributed by atoms with E-state index >= 15 is 0 Å². The molecule has 0 radical (unpaired) electrons. The Labute approximate surface area is 99.0 Å². The second-order valence-electron chi connectivity index (χ2n) is 3.99. The van der Waals surface area contributed by atoms with Crippen molar-refractivity contribution in [1.29, 1.82) is 0 Å². The van der Waals surface area contributed by atoms with Crippen molar-refractivity contribution in [3.63, 3.8) is 0 Å². The van der Waals surface area contributed by atoms with Crippen molar-refractivity contribution in [3.05, 3.63) is 35.4 Å². The van der Waals surface area contributed by atoms with E-state index in [-0.39, 0.29) is 0 Å². The minimum atomic E-state index is -1.47. The number of carbonyl (C=O) groups is 1. The normalized spacial score (nSPS) is 16.8. The van der Waals surface area contributed by atoms with Gasteiger partial charge in [0.25, 0.3) is 0 Å². The molecule has 90 valence electrons. The van der Waals surface area contributed by atoms with Crippen LogP contribution in [0.3, 0.4) is 0 Å². The molecule has 0 bridgehead atoms. The fourth-order valence-electron chi connectivity index (χ4n) is 1.80. The van der Waals surface area contributed by atoms with Crippen LogP contribution in [0.15, 0.2) is 29.3 Å². The molecule has 17 heavy (non-hydrogen) atoms. The van der Waals surface area contributed by atoms with Gasteiger partial charge in [-0.1, -0.05) is 24.3 Å². The summed E-state index contributed by atoms with van der Waals surface area (Å²) in [6, 6.07) is 6.79. The predicted octanol–water partition coefficient (Wildman–Crippen LogP) is 0.497. The highest BCUT2D eigenvalue weighted by molar-refractivity contribution is 5.99. The number of carboxylic acid groups (broad SMARTS) is 1. The highest BCUT2D eigenvalue weighted by Crippen LogP contribution is 2.16. The number of hydrogen-bond donors (Lipinski definition) is 2. The van der Waals surface area contributed by atoms with Gasteiger partial charge in [0.15, 0.2) is 6.10 Å². The minimum Gasteiger partial charge on any atom is -0.479 e. The molecule has 1 aromatic rings. The zero-order valence-electron chi connectivity index (χ0n) is 9.50. The first-order valence-electron chi connectivity index (χ1n) is 5.36. The number of benzene rings is 1. The van der Waals surface area contributed by atoms with E-state index in [9.17, 15) is 9.90 Å². The summed E-state index contributed by atoms with van der Waals surface area (Å²) in [5.41, 5.74) is 1.31. The van der Waals surface area contributed by atoms with Crippen molar-refractivity contribution in [3.8, 4) is 0 Å². The molecule has 5 nitrogen and oxygen atoms in total. The van der Waals surface area contributed by atoms with Crippen LogP contribution in [0, 0.1) is 0 Å². The number of aliphatic imine (C=N–C) groups is 1. The first-order valence-corrected chi connectivity index (χ1v) is 5.36. The zero-order chi connectivity index (χ0) is 12.4. The molecule has 0 spiro atoms. The van der Waals surface area contributed by atoms with E-state index in [1.54, 1.807) is 24.3 Å². The lowest BCUT2D eigenvalue weighted by molar-refractivity contribution is -0.146. The fourth-order valence-corrected chi connectivity index (χ4v) is 1.80. The van der Waals surface area contributed by atoms with Gasteiger partial charge in [-0.15, -0.1) is 0 Å². The van der Waals surface area contributed by atoms with Crippen molar-refractivity contribution in [2.24, 2.45) is 4.99 Å². The van der Waals surface area contributed by atoms with Crippen LogP contribution in [0.4, 0.5) is 0 Å². The van der Waals surface area contributed by atoms with Crippen LogP contribution in [-0.2, 0) is 4.79 Å². The molecule has 0 saturated carbocycles. The molecule has 1 aromatic carbocycles. The molecule has 0 saturated heterocycles. The number of aliphatic hydroxyl groups excluding tert-OH is 1. The van der Waals surface area contributed by atoms with E-state index in [1.807, 2.05) is 11.9 Å². The lowest BCUT2D eigenvalue weighted by Crippen LogP contribution is -2.23. The Morgan fingerprint density at radius 3 is 2.53 bits per heavy atom. The lowest BCUT2D eigenvalue weighted by Gasteiger charge is -2.14. The van der Waals surface area contributed by atoms with Crippen LogP contribution >= 0.6 is 0 Å². The van der Waals surface area contributed by atoms with E-state index in [0.29, 0.717) is 5.56 Å². The molecule has 0 fully saturated rings. The Balaban J connectivity index is 2.21. The third kappa shape index (κ3) is 2.29. The highest BCUT2D eigenvalue weighted by Gasteiger charge is 2.18. The maximum atomic E-state index is 10.6. The Bertz CT molecular complexity index is 453. The second kappa shape index (κ2) is 4.55. The van der Waals surface area contributed by atoms with E-state index in [4.69, 9.17) is 5.11 Å². The SMILES string of the molecule is CN1CCN=C1c1ccc(C(O)C(=O)O)cc1. The van der Waals surface area contributed by atoms with Crippen molar-refractivity contribution >= 4 is 11.8 Å². The number of carboxylic acids is 1. The Hall–Kier alpha value is -1.88. The lowest BCUT2D eigenvalue weighted by atomic mass is 10.1. The number of nitrogens with zero attached hydrogens (tertiary/aromatic N) is 2. The minimum absolute atomic E-state index is 0.377. The van der Waals surface area contributed by atoms with Crippen molar-refractivity contribution < 1.29 is 15.0 Å². The first kappa shape index (κ1) is 11.6. The maximum Gasteiger partial charge on any atom is 0.337 e. The monoisotopic (exact) mass is 234 g/mol. The highest BCUT2D eigenvalue weighted by atomic mass is 16.4. The molecular formula is C12H14N2O3. The van der Waals surface area contributed by atoms with Crippen LogP contribution in [0.2, 0.25) is 0 Å². The number of rotatable bonds is 3. The molecule has 1 heterocycles. The van der Waals surface area contributed by atoms with Gasteiger partial charge in [-0.25, -0.2) is 4.79 Å².